The summed E-state index contributed by atoms with van der Waals surface area (Å²) in [5.41, 5.74) is -3.37. The molecule has 0 saturated carbocycles. The maximum Gasteiger partial charge on any atom is 0.443 e. The molecule has 1 fully saturated rings. The highest BCUT2D eigenvalue weighted by molar-refractivity contribution is 6.01. The van der Waals surface area contributed by atoms with E-state index in [4.69, 9.17) is 9.47 Å². The van der Waals surface area contributed by atoms with Crippen molar-refractivity contribution >= 4 is 11.5 Å². The molecule has 3 rings (SSSR count). The smallest absolute Gasteiger partial charge is 0.443 e. The second-order valence-corrected chi connectivity index (χ2v) is 5.52. The number of nitro groups is 1. The average Bonchev–Trinajstić information content (AvgIpc) is 2.54. The monoisotopic (exact) mass is 346 g/mol. The summed E-state index contributed by atoms with van der Waals surface area (Å²) in [5.74, 6) is -1.15. The molecule has 0 amide bonds. The van der Waals surface area contributed by atoms with Crippen LogP contribution >= 0.6 is 0 Å². The molecule has 10 heteroatoms. The SMILES string of the molecule is O=C1C[C@](N2CCOCC2)(C(F)(F)F)Oc2ccc([N+](=O)[O-])cc21. The highest BCUT2D eigenvalue weighted by Gasteiger charge is 2.64. The van der Waals surface area contributed by atoms with Crippen molar-refractivity contribution in [2.24, 2.45) is 0 Å². The fraction of sp³-hybridized carbons (Fsp3) is 0.500. The highest BCUT2D eigenvalue weighted by Crippen LogP contribution is 2.46. The first-order valence-corrected chi connectivity index (χ1v) is 7.15. The Morgan fingerprint density at radius 3 is 2.50 bits per heavy atom. The molecular weight excluding hydrogens is 333 g/mol. The van der Waals surface area contributed by atoms with Gasteiger partial charge in [0, 0.05) is 25.2 Å². The van der Waals surface area contributed by atoms with E-state index in [0.717, 1.165) is 23.1 Å². The van der Waals surface area contributed by atoms with Gasteiger partial charge in [-0.05, 0) is 6.07 Å². The zero-order valence-electron chi connectivity index (χ0n) is 12.3. The van der Waals surface area contributed by atoms with Crippen LogP contribution in [0.15, 0.2) is 18.2 Å². The summed E-state index contributed by atoms with van der Waals surface area (Å²) in [4.78, 5) is 23.4. The number of carbonyl (C=O) groups is 1. The second-order valence-electron chi connectivity index (χ2n) is 5.52. The molecule has 2 aliphatic heterocycles. The summed E-state index contributed by atoms with van der Waals surface area (Å²) in [5, 5.41) is 10.8. The van der Waals surface area contributed by atoms with Crippen LogP contribution in [0.1, 0.15) is 16.8 Å². The predicted molar refractivity (Wildman–Crippen MR) is 73.8 cm³/mol. The minimum atomic E-state index is -4.82. The lowest BCUT2D eigenvalue weighted by Crippen LogP contribution is -2.67. The molecule has 0 N–H and O–H groups in total. The van der Waals surface area contributed by atoms with Crippen molar-refractivity contribution < 1.29 is 32.4 Å². The van der Waals surface area contributed by atoms with Crippen LogP contribution in [0, 0.1) is 10.1 Å². The Morgan fingerprint density at radius 2 is 1.92 bits per heavy atom. The lowest BCUT2D eigenvalue weighted by Gasteiger charge is -2.47. The Bertz CT molecular complexity index is 687. The van der Waals surface area contributed by atoms with Crippen molar-refractivity contribution in [3.63, 3.8) is 0 Å². The van der Waals surface area contributed by atoms with Crippen molar-refractivity contribution in [3.8, 4) is 5.75 Å². The van der Waals surface area contributed by atoms with Gasteiger partial charge in [0.15, 0.2) is 5.78 Å². The molecule has 0 aromatic heterocycles. The van der Waals surface area contributed by atoms with Gasteiger partial charge in [0.05, 0.1) is 30.1 Å². The molecule has 1 aromatic rings. The van der Waals surface area contributed by atoms with E-state index in [9.17, 15) is 28.1 Å². The first kappa shape index (κ1) is 16.7. The molecular formula is C14H13F3N2O5. The Labute approximate surface area is 134 Å². The standard InChI is InChI=1S/C14H13F3N2O5/c15-14(16,17)13(18-3-5-23-6-4-18)8-11(20)10-7-9(19(21)22)1-2-12(10)24-13/h1-2,7H,3-6,8H2/t13-/m1/s1. The number of Topliss-reactive ketones (excluding diaryl/α,β-unsaturated/α-hetero) is 1. The zero-order valence-corrected chi connectivity index (χ0v) is 12.3. The Kier molecular flexibility index (Phi) is 3.96. The summed E-state index contributed by atoms with van der Waals surface area (Å²) in [6.45, 7) is 0.134. The lowest BCUT2D eigenvalue weighted by molar-refractivity contribution is -0.385. The van der Waals surface area contributed by atoms with Crippen LogP contribution in [-0.2, 0) is 4.74 Å². The minimum Gasteiger partial charge on any atom is -0.462 e. The van der Waals surface area contributed by atoms with Crippen LogP contribution in [0.25, 0.3) is 0 Å². The highest BCUT2D eigenvalue weighted by atomic mass is 19.4. The van der Waals surface area contributed by atoms with Gasteiger partial charge in [0.1, 0.15) is 5.75 Å². The van der Waals surface area contributed by atoms with Crippen LogP contribution in [0.4, 0.5) is 18.9 Å². The van der Waals surface area contributed by atoms with Gasteiger partial charge in [0.25, 0.3) is 11.4 Å². The number of non-ortho nitro benzene ring substituents is 1. The molecule has 0 radical (unpaired) electrons. The van der Waals surface area contributed by atoms with Gasteiger partial charge in [-0.15, -0.1) is 0 Å². The molecule has 2 heterocycles. The van der Waals surface area contributed by atoms with Crippen molar-refractivity contribution in [1.82, 2.24) is 4.90 Å². The number of ketones is 1. The molecule has 1 aromatic carbocycles. The number of ether oxygens (including phenoxy) is 2. The Balaban J connectivity index is 2.04. The normalized spacial score (nSPS) is 25.0. The summed E-state index contributed by atoms with van der Waals surface area (Å²) in [6, 6.07) is 2.99. The van der Waals surface area contributed by atoms with E-state index < -0.39 is 29.0 Å². The topological polar surface area (TPSA) is 81.9 Å². The quantitative estimate of drug-likeness (QED) is 0.603. The van der Waals surface area contributed by atoms with Crippen molar-refractivity contribution in [2.75, 3.05) is 26.3 Å². The molecule has 0 bridgehead atoms. The molecule has 0 unspecified atom stereocenters. The number of hydrogen-bond donors (Lipinski definition) is 0. The van der Waals surface area contributed by atoms with Gasteiger partial charge >= 0.3 is 6.18 Å². The maximum absolute atomic E-state index is 13.8. The largest absolute Gasteiger partial charge is 0.462 e. The number of nitrogens with zero attached hydrogens (tertiary/aromatic N) is 2. The summed E-state index contributed by atoms with van der Waals surface area (Å²) >= 11 is 0. The molecule has 2 aliphatic rings. The number of rotatable bonds is 2. The van der Waals surface area contributed by atoms with E-state index in [2.05, 4.69) is 0 Å². The predicted octanol–water partition coefficient (Wildman–Crippen LogP) is 2.15. The minimum absolute atomic E-state index is 0.0326. The van der Waals surface area contributed by atoms with E-state index >= 15 is 0 Å². The van der Waals surface area contributed by atoms with E-state index in [0.29, 0.717) is 0 Å². The second kappa shape index (κ2) is 5.71. The Morgan fingerprint density at radius 1 is 1.25 bits per heavy atom. The van der Waals surface area contributed by atoms with Gasteiger partial charge in [-0.25, -0.2) is 0 Å². The van der Waals surface area contributed by atoms with Gasteiger partial charge in [-0.1, -0.05) is 0 Å². The number of hydrogen-bond acceptors (Lipinski definition) is 6. The van der Waals surface area contributed by atoms with Crippen LogP contribution in [0.2, 0.25) is 0 Å². The summed E-state index contributed by atoms with van der Waals surface area (Å²) in [7, 11) is 0. The zero-order chi connectivity index (χ0) is 17.5. The van der Waals surface area contributed by atoms with Gasteiger partial charge in [-0.2, -0.15) is 13.2 Å². The first-order valence-electron chi connectivity index (χ1n) is 7.15. The van der Waals surface area contributed by atoms with Crippen LogP contribution < -0.4 is 4.74 Å². The van der Waals surface area contributed by atoms with Gasteiger partial charge in [0.2, 0.25) is 0 Å². The van der Waals surface area contributed by atoms with E-state index in [1.54, 1.807) is 0 Å². The fourth-order valence-electron chi connectivity index (χ4n) is 2.91. The number of nitro benzene ring substituents is 1. The maximum atomic E-state index is 13.8. The number of morpholine rings is 1. The molecule has 0 aliphatic carbocycles. The molecule has 130 valence electrons. The number of alkyl halides is 3. The lowest BCUT2D eigenvalue weighted by atomic mass is 9.93. The van der Waals surface area contributed by atoms with Crippen molar-refractivity contribution in [1.29, 1.82) is 0 Å². The molecule has 0 spiro atoms. The average molecular weight is 346 g/mol. The van der Waals surface area contributed by atoms with Crippen LogP contribution in [0.5, 0.6) is 5.75 Å². The number of fused-ring (bicyclic) bond motifs is 1. The first-order chi connectivity index (χ1) is 11.2. The number of carbonyl (C=O) groups excluding carboxylic acids is 1. The molecule has 7 nitrogen and oxygen atoms in total. The third-order valence-corrected chi connectivity index (χ3v) is 4.12. The molecule has 1 saturated heterocycles. The van der Waals surface area contributed by atoms with Crippen LogP contribution in [-0.4, -0.2) is 53.8 Å². The number of halogens is 3. The third-order valence-electron chi connectivity index (χ3n) is 4.12. The summed E-state index contributed by atoms with van der Waals surface area (Å²) < 4.78 is 51.7. The Hall–Kier alpha value is -2.20. The fourth-order valence-corrected chi connectivity index (χ4v) is 2.91. The van der Waals surface area contributed by atoms with Crippen molar-refractivity contribution in [3.05, 3.63) is 33.9 Å². The van der Waals surface area contributed by atoms with E-state index in [1.165, 1.54) is 0 Å². The van der Waals surface area contributed by atoms with Crippen LogP contribution in [0.3, 0.4) is 0 Å². The molecule has 1 atom stereocenters. The van der Waals surface area contributed by atoms with Gasteiger partial charge in [-0.3, -0.25) is 19.8 Å². The van der Waals surface area contributed by atoms with E-state index in [-0.39, 0.29) is 43.3 Å². The number of benzene rings is 1. The molecule has 24 heavy (non-hydrogen) atoms. The third kappa shape index (κ3) is 2.61. The van der Waals surface area contributed by atoms with Crippen molar-refractivity contribution in [2.45, 2.75) is 18.3 Å². The van der Waals surface area contributed by atoms with Gasteiger partial charge < -0.3 is 9.47 Å². The summed E-state index contributed by atoms with van der Waals surface area (Å²) in [6.07, 6.45) is -5.77. The van der Waals surface area contributed by atoms with E-state index in [1.807, 2.05) is 0 Å².